The van der Waals surface area contributed by atoms with E-state index >= 15 is 0 Å². The van der Waals surface area contributed by atoms with Crippen molar-refractivity contribution in [1.82, 2.24) is 4.98 Å². The van der Waals surface area contributed by atoms with Crippen molar-refractivity contribution in [3.8, 4) is 23.3 Å². The standard InChI is InChI=1S/C18H13Br2N3O3/c1-25-15-5-11-14(6-16(15)26-2)22-8-9(7-21)17(11)23-10-3-12(19)18(24)13(20)4-10/h3-6,8,24H,1-2H3,(H,22,23). The Morgan fingerprint density at radius 1 is 1.08 bits per heavy atom. The molecule has 1 heterocycles. The fraction of sp³-hybridized carbons (Fsp3) is 0.111. The summed E-state index contributed by atoms with van der Waals surface area (Å²) in [5, 5.41) is 23.3. The van der Waals surface area contributed by atoms with Crippen molar-refractivity contribution in [2.24, 2.45) is 0 Å². The van der Waals surface area contributed by atoms with Crippen LogP contribution in [0.5, 0.6) is 17.2 Å². The fourth-order valence-corrected chi connectivity index (χ4v) is 3.71. The number of nitrogens with zero attached hydrogens (tertiary/aromatic N) is 2. The summed E-state index contributed by atoms with van der Waals surface area (Å²) in [4.78, 5) is 4.33. The molecule has 2 aromatic carbocycles. The fourth-order valence-electron chi connectivity index (χ4n) is 2.52. The lowest BCUT2D eigenvalue weighted by Crippen LogP contribution is -1.99. The van der Waals surface area contributed by atoms with Crippen LogP contribution in [-0.4, -0.2) is 24.3 Å². The van der Waals surface area contributed by atoms with Crippen molar-refractivity contribution in [2.75, 3.05) is 19.5 Å². The summed E-state index contributed by atoms with van der Waals surface area (Å²) in [6.07, 6.45) is 1.50. The van der Waals surface area contributed by atoms with E-state index in [0.29, 0.717) is 48.3 Å². The quantitative estimate of drug-likeness (QED) is 0.507. The molecular formula is C18H13Br2N3O3. The topological polar surface area (TPSA) is 87.4 Å². The molecule has 0 fully saturated rings. The molecule has 0 aliphatic heterocycles. The Labute approximate surface area is 166 Å². The number of ether oxygens (including phenoxy) is 2. The second-order valence-corrected chi connectivity index (χ2v) is 7.01. The van der Waals surface area contributed by atoms with Crippen LogP contribution in [-0.2, 0) is 0 Å². The van der Waals surface area contributed by atoms with Gasteiger partial charge >= 0.3 is 0 Å². The first-order valence-electron chi connectivity index (χ1n) is 7.38. The Balaban J connectivity index is 2.22. The van der Waals surface area contributed by atoms with Crippen LogP contribution >= 0.6 is 31.9 Å². The monoisotopic (exact) mass is 477 g/mol. The number of benzene rings is 2. The van der Waals surface area contributed by atoms with Crippen LogP contribution in [0.2, 0.25) is 0 Å². The van der Waals surface area contributed by atoms with Crippen molar-refractivity contribution >= 4 is 54.1 Å². The molecule has 0 atom stereocenters. The molecule has 3 aromatic rings. The molecule has 132 valence electrons. The first-order chi connectivity index (χ1) is 12.5. The molecule has 0 spiro atoms. The molecule has 0 radical (unpaired) electrons. The zero-order valence-electron chi connectivity index (χ0n) is 13.8. The van der Waals surface area contributed by atoms with E-state index in [1.165, 1.54) is 6.20 Å². The van der Waals surface area contributed by atoms with Crippen LogP contribution in [0.3, 0.4) is 0 Å². The smallest absolute Gasteiger partial charge is 0.162 e. The lowest BCUT2D eigenvalue weighted by atomic mass is 10.1. The number of nitriles is 1. The molecule has 26 heavy (non-hydrogen) atoms. The molecule has 1 aromatic heterocycles. The predicted octanol–water partition coefficient (Wildman–Crippen LogP) is 5.10. The number of methoxy groups -OCH3 is 2. The van der Waals surface area contributed by atoms with Gasteiger partial charge in [-0.2, -0.15) is 5.26 Å². The SMILES string of the molecule is COc1cc2ncc(C#N)c(Nc3cc(Br)c(O)c(Br)c3)c2cc1OC. The zero-order valence-corrected chi connectivity index (χ0v) is 17.0. The van der Waals surface area contributed by atoms with Crippen LogP contribution in [0.4, 0.5) is 11.4 Å². The van der Waals surface area contributed by atoms with Crippen molar-refractivity contribution in [3.63, 3.8) is 0 Å². The lowest BCUT2D eigenvalue weighted by Gasteiger charge is -2.15. The van der Waals surface area contributed by atoms with E-state index in [2.05, 4.69) is 48.2 Å². The molecule has 0 amide bonds. The predicted molar refractivity (Wildman–Crippen MR) is 106 cm³/mol. The second kappa shape index (κ2) is 7.40. The number of anilines is 2. The lowest BCUT2D eigenvalue weighted by molar-refractivity contribution is 0.356. The number of pyridine rings is 1. The molecule has 0 saturated carbocycles. The number of phenolic OH excluding ortho intramolecular Hbond substituents is 1. The summed E-state index contributed by atoms with van der Waals surface area (Å²) in [6, 6.07) is 9.10. The second-order valence-electron chi connectivity index (χ2n) is 5.30. The van der Waals surface area contributed by atoms with E-state index in [1.807, 2.05) is 0 Å². The van der Waals surface area contributed by atoms with E-state index in [9.17, 15) is 10.4 Å². The number of halogens is 2. The highest BCUT2D eigenvalue weighted by atomic mass is 79.9. The molecule has 0 aliphatic rings. The van der Waals surface area contributed by atoms with E-state index in [4.69, 9.17) is 9.47 Å². The zero-order chi connectivity index (χ0) is 18.8. The van der Waals surface area contributed by atoms with E-state index in [-0.39, 0.29) is 5.75 Å². The molecule has 0 unspecified atom stereocenters. The molecule has 2 N–H and O–H groups in total. The first kappa shape index (κ1) is 18.3. The van der Waals surface area contributed by atoms with Crippen molar-refractivity contribution in [2.45, 2.75) is 0 Å². The van der Waals surface area contributed by atoms with Gasteiger partial charge in [-0.1, -0.05) is 0 Å². The van der Waals surface area contributed by atoms with E-state index in [0.717, 1.165) is 0 Å². The van der Waals surface area contributed by atoms with Crippen LogP contribution in [0.25, 0.3) is 10.9 Å². The summed E-state index contributed by atoms with van der Waals surface area (Å²) < 4.78 is 11.7. The van der Waals surface area contributed by atoms with Crippen LogP contribution < -0.4 is 14.8 Å². The molecule has 0 bridgehead atoms. The Morgan fingerprint density at radius 3 is 2.27 bits per heavy atom. The number of rotatable bonds is 4. The molecule has 0 saturated heterocycles. The summed E-state index contributed by atoms with van der Waals surface area (Å²) in [5.41, 5.74) is 2.30. The van der Waals surface area contributed by atoms with Crippen molar-refractivity contribution < 1.29 is 14.6 Å². The third kappa shape index (κ3) is 3.28. The summed E-state index contributed by atoms with van der Waals surface area (Å²) >= 11 is 6.61. The van der Waals surface area contributed by atoms with Crippen LogP contribution in [0, 0.1) is 11.3 Å². The maximum Gasteiger partial charge on any atom is 0.162 e. The van der Waals surface area contributed by atoms with Crippen LogP contribution in [0.1, 0.15) is 5.56 Å². The molecule has 8 heteroatoms. The van der Waals surface area contributed by atoms with Gasteiger partial charge in [-0.05, 0) is 50.1 Å². The minimum absolute atomic E-state index is 0.0991. The summed E-state index contributed by atoms with van der Waals surface area (Å²) in [5.74, 6) is 1.19. The highest BCUT2D eigenvalue weighted by Crippen LogP contribution is 2.39. The normalized spacial score (nSPS) is 10.4. The molecule has 0 aliphatic carbocycles. The minimum Gasteiger partial charge on any atom is -0.506 e. The maximum absolute atomic E-state index is 9.88. The Kier molecular flexibility index (Phi) is 5.20. The minimum atomic E-state index is 0.0991. The Morgan fingerprint density at radius 2 is 1.69 bits per heavy atom. The number of fused-ring (bicyclic) bond motifs is 1. The summed E-state index contributed by atoms with van der Waals surface area (Å²) in [6.45, 7) is 0. The summed E-state index contributed by atoms with van der Waals surface area (Å²) in [7, 11) is 3.10. The van der Waals surface area contributed by atoms with Gasteiger partial charge in [0.1, 0.15) is 11.8 Å². The van der Waals surface area contributed by atoms with Crippen molar-refractivity contribution in [3.05, 3.63) is 45.0 Å². The number of aromatic hydroxyl groups is 1. The van der Waals surface area contributed by atoms with Gasteiger partial charge in [-0.3, -0.25) is 4.98 Å². The average molecular weight is 479 g/mol. The van der Waals surface area contributed by atoms with Gasteiger partial charge in [0, 0.05) is 23.3 Å². The maximum atomic E-state index is 9.88. The third-order valence-corrected chi connectivity index (χ3v) is 4.99. The number of phenols is 1. The van der Waals surface area contributed by atoms with E-state index < -0.39 is 0 Å². The van der Waals surface area contributed by atoms with Gasteiger partial charge < -0.3 is 19.9 Å². The largest absolute Gasteiger partial charge is 0.506 e. The molecular weight excluding hydrogens is 466 g/mol. The number of aromatic nitrogens is 1. The van der Waals surface area contributed by atoms with Crippen LogP contribution in [0.15, 0.2) is 39.4 Å². The van der Waals surface area contributed by atoms with Gasteiger partial charge in [0.25, 0.3) is 0 Å². The van der Waals surface area contributed by atoms with Gasteiger partial charge in [0.2, 0.25) is 0 Å². The molecule has 3 rings (SSSR count). The van der Waals surface area contributed by atoms with Gasteiger partial charge in [-0.15, -0.1) is 0 Å². The van der Waals surface area contributed by atoms with Gasteiger partial charge in [0.15, 0.2) is 11.5 Å². The van der Waals surface area contributed by atoms with Gasteiger partial charge in [0.05, 0.1) is 39.9 Å². The number of hydrogen-bond acceptors (Lipinski definition) is 6. The van der Waals surface area contributed by atoms with Crippen molar-refractivity contribution in [1.29, 1.82) is 5.26 Å². The highest BCUT2D eigenvalue weighted by Gasteiger charge is 2.15. The first-order valence-corrected chi connectivity index (χ1v) is 8.97. The third-order valence-electron chi connectivity index (χ3n) is 3.78. The Bertz CT molecular complexity index is 1030. The van der Waals surface area contributed by atoms with Gasteiger partial charge in [-0.25, -0.2) is 0 Å². The number of hydrogen-bond donors (Lipinski definition) is 2. The molecule has 6 nitrogen and oxygen atoms in total. The average Bonchev–Trinajstić information content (AvgIpc) is 2.65. The number of nitrogens with one attached hydrogen (secondary N) is 1. The van der Waals surface area contributed by atoms with E-state index in [1.54, 1.807) is 38.5 Å². The highest BCUT2D eigenvalue weighted by molar-refractivity contribution is 9.11. The Hall–Kier alpha value is -2.50.